The highest BCUT2D eigenvalue weighted by atomic mass is 16.5. The predicted octanol–water partition coefficient (Wildman–Crippen LogP) is 5.28. The molecular formula is C26H23N5O2. The van der Waals surface area contributed by atoms with E-state index in [2.05, 4.69) is 38.8 Å². The number of benzene rings is 2. The van der Waals surface area contributed by atoms with E-state index in [-0.39, 0.29) is 0 Å². The normalized spacial score (nSPS) is 13.1. The zero-order chi connectivity index (χ0) is 22.2. The Morgan fingerprint density at radius 2 is 2.03 bits per heavy atom. The van der Waals surface area contributed by atoms with Gasteiger partial charge in [0.05, 0.1) is 25.3 Å². The molecule has 0 saturated heterocycles. The van der Waals surface area contributed by atoms with Crippen molar-refractivity contribution >= 4 is 22.5 Å². The van der Waals surface area contributed by atoms with Gasteiger partial charge in [-0.3, -0.25) is 0 Å². The largest absolute Gasteiger partial charge is 0.497 e. The van der Waals surface area contributed by atoms with Gasteiger partial charge in [-0.2, -0.15) is 0 Å². The van der Waals surface area contributed by atoms with Crippen molar-refractivity contribution in [3.8, 4) is 28.1 Å². The van der Waals surface area contributed by atoms with Gasteiger partial charge < -0.3 is 24.8 Å². The van der Waals surface area contributed by atoms with E-state index in [0.717, 1.165) is 64.2 Å². The number of methoxy groups -OCH3 is 1. The molecule has 5 aromatic rings. The molecule has 1 aliphatic rings. The zero-order valence-electron chi connectivity index (χ0n) is 18.2. The summed E-state index contributed by atoms with van der Waals surface area (Å²) < 4.78 is 10.7. The van der Waals surface area contributed by atoms with Gasteiger partial charge in [-0.15, -0.1) is 0 Å². The number of anilines is 2. The van der Waals surface area contributed by atoms with E-state index in [4.69, 9.17) is 14.1 Å². The first-order chi connectivity index (χ1) is 16.3. The molecule has 0 amide bonds. The second-order valence-electron chi connectivity index (χ2n) is 8.12. The van der Waals surface area contributed by atoms with Crippen molar-refractivity contribution in [3.63, 3.8) is 0 Å². The lowest BCUT2D eigenvalue weighted by molar-refractivity contribution is 0.415. The molecule has 0 saturated carbocycles. The van der Waals surface area contributed by atoms with E-state index in [0.29, 0.717) is 5.95 Å². The first-order valence-corrected chi connectivity index (χ1v) is 10.9. The Morgan fingerprint density at radius 3 is 2.91 bits per heavy atom. The van der Waals surface area contributed by atoms with Crippen molar-refractivity contribution in [1.82, 2.24) is 20.3 Å². The fourth-order valence-corrected chi connectivity index (χ4v) is 4.39. The number of rotatable bonds is 5. The Labute approximate surface area is 190 Å². The monoisotopic (exact) mass is 437 g/mol. The Hall–Kier alpha value is -4.10. The van der Waals surface area contributed by atoms with E-state index >= 15 is 0 Å². The summed E-state index contributed by atoms with van der Waals surface area (Å²) in [6.07, 6.45) is 8.22. The summed E-state index contributed by atoms with van der Waals surface area (Å²) in [7, 11) is 1.67. The molecule has 7 nitrogen and oxygen atoms in total. The number of hydrogen-bond acceptors (Lipinski definition) is 6. The highest BCUT2D eigenvalue weighted by Crippen LogP contribution is 2.36. The fourth-order valence-electron chi connectivity index (χ4n) is 4.39. The lowest BCUT2D eigenvalue weighted by Gasteiger charge is -2.18. The second kappa shape index (κ2) is 8.11. The molecule has 0 bridgehead atoms. The maximum Gasteiger partial charge on any atom is 0.227 e. The first-order valence-electron chi connectivity index (χ1n) is 10.9. The second-order valence-corrected chi connectivity index (χ2v) is 8.12. The van der Waals surface area contributed by atoms with Gasteiger partial charge in [0.25, 0.3) is 0 Å². The molecule has 0 spiro atoms. The molecule has 0 fully saturated rings. The number of furan rings is 1. The summed E-state index contributed by atoms with van der Waals surface area (Å²) in [6.45, 7) is 1.92. The standard InChI is InChI=1S/C26H23N5O2/c1-32-20-4-5-21-23(14-28-24(21)11-20)25-22(18-7-9-33-15-18)13-29-26(31-25)30-19-3-2-17-12-27-8-6-16(17)10-19/h2-5,7,9-11,13-15,27-28H,6,8,12H2,1H3,(H,29,30,31). The maximum atomic E-state index is 5.37. The van der Waals surface area contributed by atoms with Gasteiger partial charge in [0.1, 0.15) is 5.75 Å². The van der Waals surface area contributed by atoms with Crippen molar-refractivity contribution in [1.29, 1.82) is 0 Å². The molecule has 4 heterocycles. The van der Waals surface area contributed by atoms with E-state index in [1.165, 1.54) is 11.1 Å². The molecule has 33 heavy (non-hydrogen) atoms. The van der Waals surface area contributed by atoms with Gasteiger partial charge in [-0.05, 0) is 54.4 Å². The van der Waals surface area contributed by atoms with Crippen LogP contribution < -0.4 is 15.4 Å². The van der Waals surface area contributed by atoms with Crippen LogP contribution in [0.1, 0.15) is 11.1 Å². The van der Waals surface area contributed by atoms with Crippen LogP contribution in [-0.2, 0) is 13.0 Å². The molecule has 0 radical (unpaired) electrons. The molecule has 164 valence electrons. The van der Waals surface area contributed by atoms with Crippen LogP contribution in [-0.4, -0.2) is 28.6 Å². The Balaban J connectivity index is 1.43. The number of nitrogens with zero attached hydrogens (tertiary/aromatic N) is 2. The fraction of sp³-hybridized carbons (Fsp3) is 0.154. The minimum atomic E-state index is 0.550. The summed E-state index contributed by atoms with van der Waals surface area (Å²) in [5, 5.41) is 7.87. The number of fused-ring (bicyclic) bond motifs is 2. The summed E-state index contributed by atoms with van der Waals surface area (Å²) in [5.41, 5.74) is 8.33. The van der Waals surface area contributed by atoms with E-state index in [9.17, 15) is 0 Å². The van der Waals surface area contributed by atoms with Gasteiger partial charge in [0.15, 0.2) is 0 Å². The number of aromatic nitrogens is 3. The molecule has 3 aromatic heterocycles. The molecule has 0 aliphatic carbocycles. The minimum Gasteiger partial charge on any atom is -0.497 e. The molecule has 0 atom stereocenters. The van der Waals surface area contributed by atoms with Crippen molar-refractivity contribution in [2.45, 2.75) is 13.0 Å². The van der Waals surface area contributed by atoms with Crippen molar-refractivity contribution in [3.05, 3.63) is 78.5 Å². The van der Waals surface area contributed by atoms with Crippen LogP contribution in [0.25, 0.3) is 33.3 Å². The van der Waals surface area contributed by atoms with E-state index in [1.54, 1.807) is 19.6 Å². The van der Waals surface area contributed by atoms with Crippen LogP contribution in [0.15, 0.2) is 71.8 Å². The smallest absolute Gasteiger partial charge is 0.227 e. The van der Waals surface area contributed by atoms with E-state index in [1.807, 2.05) is 36.7 Å². The average molecular weight is 438 g/mol. The number of ether oxygens (including phenoxy) is 1. The number of H-pyrrole nitrogens is 1. The quantitative estimate of drug-likeness (QED) is 0.347. The van der Waals surface area contributed by atoms with E-state index < -0.39 is 0 Å². The average Bonchev–Trinajstić information content (AvgIpc) is 3.54. The topological polar surface area (TPSA) is 88.0 Å². The number of nitrogens with one attached hydrogen (secondary N) is 3. The summed E-state index contributed by atoms with van der Waals surface area (Å²) in [6, 6.07) is 14.4. The summed E-state index contributed by atoms with van der Waals surface area (Å²) in [5.74, 6) is 1.35. The van der Waals surface area contributed by atoms with Gasteiger partial charge in [-0.25, -0.2) is 9.97 Å². The van der Waals surface area contributed by atoms with Crippen LogP contribution in [0.5, 0.6) is 5.75 Å². The molecule has 2 aromatic carbocycles. The third-order valence-electron chi connectivity index (χ3n) is 6.11. The minimum absolute atomic E-state index is 0.550. The van der Waals surface area contributed by atoms with Gasteiger partial charge in [0.2, 0.25) is 5.95 Å². The predicted molar refractivity (Wildman–Crippen MR) is 129 cm³/mol. The van der Waals surface area contributed by atoms with Crippen LogP contribution in [0.3, 0.4) is 0 Å². The molecule has 1 aliphatic heterocycles. The SMILES string of the molecule is COc1ccc2c(-c3nc(Nc4ccc5c(c4)CCNC5)ncc3-c3ccoc3)c[nH]c2c1. The highest BCUT2D eigenvalue weighted by molar-refractivity contribution is 5.99. The van der Waals surface area contributed by atoms with Gasteiger partial charge >= 0.3 is 0 Å². The molecule has 3 N–H and O–H groups in total. The molecule has 7 heteroatoms. The maximum absolute atomic E-state index is 5.37. The third-order valence-corrected chi connectivity index (χ3v) is 6.11. The molecular weight excluding hydrogens is 414 g/mol. The van der Waals surface area contributed by atoms with Crippen LogP contribution in [0.2, 0.25) is 0 Å². The van der Waals surface area contributed by atoms with Crippen LogP contribution >= 0.6 is 0 Å². The Bertz CT molecular complexity index is 1440. The molecule has 6 rings (SSSR count). The summed E-state index contributed by atoms with van der Waals surface area (Å²) in [4.78, 5) is 12.9. The van der Waals surface area contributed by atoms with Gasteiger partial charge in [-0.1, -0.05) is 6.07 Å². The van der Waals surface area contributed by atoms with Gasteiger partial charge in [0, 0.05) is 58.3 Å². The molecule has 0 unspecified atom stereocenters. The Kier molecular flexibility index (Phi) is 4.81. The van der Waals surface area contributed by atoms with Crippen molar-refractivity contribution in [2.75, 3.05) is 19.0 Å². The third kappa shape index (κ3) is 3.62. The van der Waals surface area contributed by atoms with Crippen LogP contribution in [0, 0.1) is 0 Å². The lowest BCUT2D eigenvalue weighted by atomic mass is 10.0. The van der Waals surface area contributed by atoms with Crippen molar-refractivity contribution in [2.24, 2.45) is 0 Å². The lowest BCUT2D eigenvalue weighted by Crippen LogP contribution is -2.23. The summed E-state index contributed by atoms with van der Waals surface area (Å²) >= 11 is 0. The van der Waals surface area contributed by atoms with Crippen molar-refractivity contribution < 1.29 is 9.15 Å². The zero-order valence-corrected chi connectivity index (χ0v) is 18.2. The number of aromatic amines is 1. The van der Waals surface area contributed by atoms with Crippen LogP contribution in [0.4, 0.5) is 11.6 Å². The highest BCUT2D eigenvalue weighted by Gasteiger charge is 2.17. The number of hydrogen-bond donors (Lipinski definition) is 3. The Morgan fingerprint density at radius 1 is 1.06 bits per heavy atom. The first kappa shape index (κ1) is 19.6.